The van der Waals surface area contributed by atoms with Gasteiger partial charge in [-0.2, -0.15) is 0 Å². The SMILES string of the molecule is COc1ccccc1CNC(=O)c1cc2cccc(C)c2[nH]c1=O. The van der Waals surface area contributed by atoms with E-state index in [4.69, 9.17) is 4.74 Å². The van der Waals surface area contributed by atoms with Crippen molar-refractivity contribution in [2.75, 3.05) is 7.11 Å². The first-order chi connectivity index (χ1) is 11.6. The van der Waals surface area contributed by atoms with Crippen molar-refractivity contribution in [1.82, 2.24) is 10.3 Å². The van der Waals surface area contributed by atoms with Crippen LogP contribution in [0.15, 0.2) is 53.3 Å². The molecule has 1 amide bonds. The predicted octanol–water partition coefficient (Wildman–Crippen LogP) is 2.78. The van der Waals surface area contributed by atoms with Gasteiger partial charge in [-0.3, -0.25) is 9.59 Å². The van der Waals surface area contributed by atoms with E-state index in [9.17, 15) is 9.59 Å². The lowest BCUT2D eigenvalue weighted by Crippen LogP contribution is -2.29. The van der Waals surface area contributed by atoms with Crippen molar-refractivity contribution >= 4 is 16.8 Å². The molecule has 0 spiro atoms. The van der Waals surface area contributed by atoms with E-state index in [1.54, 1.807) is 13.2 Å². The van der Waals surface area contributed by atoms with Gasteiger partial charge in [0.25, 0.3) is 11.5 Å². The number of benzene rings is 2. The number of hydrogen-bond acceptors (Lipinski definition) is 3. The molecule has 0 unspecified atom stereocenters. The Morgan fingerprint density at radius 3 is 2.75 bits per heavy atom. The fourth-order valence-electron chi connectivity index (χ4n) is 2.67. The molecule has 0 bridgehead atoms. The molecule has 5 nitrogen and oxygen atoms in total. The first kappa shape index (κ1) is 15.8. The van der Waals surface area contributed by atoms with Crippen LogP contribution < -0.4 is 15.6 Å². The molecular formula is C19H18N2O3. The van der Waals surface area contributed by atoms with Crippen LogP contribution in [0.1, 0.15) is 21.5 Å². The number of pyridine rings is 1. The molecule has 0 aliphatic heterocycles. The number of nitrogens with one attached hydrogen (secondary N) is 2. The van der Waals surface area contributed by atoms with Crippen LogP contribution in [-0.4, -0.2) is 18.0 Å². The zero-order valence-corrected chi connectivity index (χ0v) is 13.6. The average molecular weight is 322 g/mol. The molecule has 5 heteroatoms. The van der Waals surface area contributed by atoms with Crippen molar-refractivity contribution in [3.63, 3.8) is 0 Å². The molecule has 1 heterocycles. The molecule has 0 fully saturated rings. The number of para-hydroxylation sites is 2. The van der Waals surface area contributed by atoms with Crippen molar-refractivity contribution in [3.8, 4) is 5.75 Å². The average Bonchev–Trinajstić information content (AvgIpc) is 2.60. The number of hydrogen-bond donors (Lipinski definition) is 2. The molecule has 0 atom stereocenters. The molecule has 24 heavy (non-hydrogen) atoms. The summed E-state index contributed by atoms with van der Waals surface area (Å²) in [6.45, 7) is 2.20. The highest BCUT2D eigenvalue weighted by molar-refractivity contribution is 5.97. The number of amides is 1. The Balaban J connectivity index is 1.86. The second-order valence-electron chi connectivity index (χ2n) is 5.55. The van der Waals surface area contributed by atoms with Gasteiger partial charge in [-0.05, 0) is 30.0 Å². The fraction of sp³-hybridized carbons (Fsp3) is 0.158. The van der Waals surface area contributed by atoms with Crippen LogP contribution in [0.2, 0.25) is 0 Å². The minimum atomic E-state index is -0.412. The molecule has 0 aliphatic carbocycles. The highest BCUT2D eigenvalue weighted by Crippen LogP contribution is 2.17. The number of rotatable bonds is 4. The van der Waals surface area contributed by atoms with Crippen molar-refractivity contribution in [2.45, 2.75) is 13.5 Å². The third-order valence-corrected chi connectivity index (χ3v) is 3.96. The van der Waals surface area contributed by atoms with Crippen LogP contribution >= 0.6 is 0 Å². The first-order valence-corrected chi connectivity index (χ1v) is 7.63. The summed E-state index contributed by atoms with van der Waals surface area (Å²) in [6.07, 6.45) is 0. The number of carbonyl (C=O) groups is 1. The van der Waals surface area contributed by atoms with E-state index in [0.717, 1.165) is 22.0 Å². The van der Waals surface area contributed by atoms with Gasteiger partial charge >= 0.3 is 0 Å². The minimum absolute atomic E-state index is 0.1000. The molecule has 0 saturated carbocycles. The summed E-state index contributed by atoms with van der Waals surface area (Å²) in [5.74, 6) is 0.284. The molecule has 0 saturated heterocycles. The molecule has 0 radical (unpaired) electrons. The standard InChI is InChI=1S/C19H18N2O3/c1-12-6-5-8-13-10-15(19(23)21-17(12)13)18(22)20-11-14-7-3-4-9-16(14)24-2/h3-10H,11H2,1-2H3,(H,20,22)(H,21,23). The number of ether oxygens (including phenoxy) is 1. The van der Waals surface area contributed by atoms with Gasteiger partial charge in [0.05, 0.1) is 12.6 Å². The van der Waals surface area contributed by atoms with Crippen molar-refractivity contribution in [1.29, 1.82) is 0 Å². The summed E-state index contributed by atoms with van der Waals surface area (Å²) in [6, 6.07) is 14.7. The van der Waals surface area contributed by atoms with E-state index in [-0.39, 0.29) is 12.1 Å². The van der Waals surface area contributed by atoms with E-state index in [0.29, 0.717) is 5.75 Å². The molecule has 0 aliphatic rings. The summed E-state index contributed by atoms with van der Waals surface area (Å²) < 4.78 is 5.26. The predicted molar refractivity (Wildman–Crippen MR) is 93.5 cm³/mol. The molecular weight excluding hydrogens is 304 g/mol. The van der Waals surface area contributed by atoms with Gasteiger partial charge in [0.15, 0.2) is 0 Å². The Morgan fingerprint density at radius 1 is 1.17 bits per heavy atom. The van der Waals surface area contributed by atoms with Crippen molar-refractivity contribution in [3.05, 3.63) is 75.6 Å². The molecule has 122 valence electrons. The third-order valence-electron chi connectivity index (χ3n) is 3.96. The largest absolute Gasteiger partial charge is 0.496 e. The van der Waals surface area contributed by atoms with Crippen LogP contribution in [-0.2, 0) is 6.54 Å². The number of aromatic amines is 1. The number of fused-ring (bicyclic) bond motifs is 1. The maximum atomic E-state index is 12.4. The summed E-state index contributed by atoms with van der Waals surface area (Å²) in [5, 5.41) is 3.60. The Hall–Kier alpha value is -3.08. The highest BCUT2D eigenvalue weighted by Gasteiger charge is 2.13. The van der Waals surface area contributed by atoms with Gasteiger partial charge in [-0.15, -0.1) is 0 Å². The molecule has 2 N–H and O–H groups in total. The normalized spacial score (nSPS) is 10.6. The second kappa shape index (κ2) is 6.58. The van der Waals surface area contributed by atoms with Crippen LogP contribution in [0.5, 0.6) is 5.75 Å². The first-order valence-electron chi connectivity index (χ1n) is 7.63. The molecule has 3 aromatic rings. The van der Waals surface area contributed by atoms with E-state index in [1.165, 1.54) is 0 Å². The maximum Gasteiger partial charge on any atom is 0.261 e. The van der Waals surface area contributed by atoms with Crippen LogP contribution in [0.25, 0.3) is 10.9 Å². The maximum absolute atomic E-state index is 12.4. The fourth-order valence-corrected chi connectivity index (χ4v) is 2.67. The number of H-pyrrole nitrogens is 1. The lowest BCUT2D eigenvalue weighted by atomic mass is 10.1. The number of carbonyl (C=O) groups excluding carboxylic acids is 1. The van der Waals surface area contributed by atoms with Crippen molar-refractivity contribution < 1.29 is 9.53 Å². The van der Waals surface area contributed by atoms with E-state index >= 15 is 0 Å². The minimum Gasteiger partial charge on any atom is -0.496 e. The highest BCUT2D eigenvalue weighted by atomic mass is 16.5. The van der Waals surface area contributed by atoms with Crippen LogP contribution in [0, 0.1) is 6.92 Å². The Kier molecular flexibility index (Phi) is 4.33. The monoisotopic (exact) mass is 322 g/mol. The summed E-state index contributed by atoms with van der Waals surface area (Å²) >= 11 is 0. The number of methoxy groups -OCH3 is 1. The summed E-state index contributed by atoms with van der Waals surface area (Å²) in [5.41, 5.74) is 2.27. The van der Waals surface area contributed by atoms with Crippen molar-refractivity contribution in [2.24, 2.45) is 0 Å². The van der Waals surface area contributed by atoms with Crippen LogP contribution in [0.3, 0.4) is 0 Å². The Labute approximate surface area is 139 Å². The molecule has 1 aromatic heterocycles. The summed E-state index contributed by atoms with van der Waals surface area (Å²) in [4.78, 5) is 27.4. The lowest BCUT2D eigenvalue weighted by Gasteiger charge is -2.10. The van der Waals surface area contributed by atoms with Gasteiger partial charge in [-0.25, -0.2) is 0 Å². The Morgan fingerprint density at radius 2 is 1.96 bits per heavy atom. The smallest absolute Gasteiger partial charge is 0.261 e. The summed E-state index contributed by atoms with van der Waals surface area (Å²) in [7, 11) is 1.58. The zero-order chi connectivity index (χ0) is 17.1. The molecule has 3 rings (SSSR count). The van der Waals surface area contributed by atoms with Gasteiger partial charge in [-0.1, -0.05) is 36.4 Å². The quantitative estimate of drug-likeness (QED) is 0.776. The van der Waals surface area contributed by atoms with Gasteiger partial charge < -0.3 is 15.0 Å². The molecule has 2 aromatic carbocycles. The van der Waals surface area contributed by atoms with Crippen LogP contribution in [0.4, 0.5) is 0 Å². The van der Waals surface area contributed by atoms with E-state index in [2.05, 4.69) is 10.3 Å². The van der Waals surface area contributed by atoms with E-state index < -0.39 is 11.5 Å². The lowest BCUT2D eigenvalue weighted by molar-refractivity contribution is 0.0949. The van der Waals surface area contributed by atoms with Gasteiger partial charge in [0, 0.05) is 12.1 Å². The zero-order valence-electron chi connectivity index (χ0n) is 13.6. The number of aromatic nitrogens is 1. The van der Waals surface area contributed by atoms with E-state index in [1.807, 2.05) is 49.4 Å². The van der Waals surface area contributed by atoms with Gasteiger partial charge in [0.2, 0.25) is 0 Å². The van der Waals surface area contributed by atoms with Gasteiger partial charge in [0.1, 0.15) is 11.3 Å². The third kappa shape index (κ3) is 3.01. The topological polar surface area (TPSA) is 71.2 Å². The second-order valence-corrected chi connectivity index (χ2v) is 5.55. The Bertz CT molecular complexity index is 960. The number of aryl methyl sites for hydroxylation is 1.